The average molecular weight is 246 g/mol. The zero-order valence-electron chi connectivity index (χ0n) is 11.5. The van der Waals surface area contributed by atoms with Crippen molar-refractivity contribution in [2.75, 3.05) is 13.1 Å². The van der Waals surface area contributed by atoms with Gasteiger partial charge in [0.15, 0.2) is 0 Å². The molecule has 0 radical (unpaired) electrons. The summed E-state index contributed by atoms with van der Waals surface area (Å²) >= 11 is 0. The molecule has 1 aromatic rings. The Morgan fingerprint density at radius 3 is 2.06 bits per heavy atom. The highest BCUT2D eigenvalue weighted by molar-refractivity contribution is 5.20. The Bertz CT molecular complexity index is 326. The standard InChI is InChI=1S/C16H26N2/c1-14(17)16(15-10-6-5-7-11-15)18-12-8-3-2-4-9-13-18/h5-7,10-11,14,16H,2-4,8-9,12-13,17H2,1H3. The summed E-state index contributed by atoms with van der Waals surface area (Å²) in [4.78, 5) is 2.60. The van der Waals surface area contributed by atoms with Crippen LogP contribution in [0.2, 0.25) is 0 Å². The van der Waals surface area contributed by atoms with Crippen LogP contribution in [0.3, 0.4) is 0 Å². The third-order valence-electron chi connectivity index (χ3n) is 3.92. The molecule has 1 aliphatic rings. The second-order valence-electron chi connectivity index (χ2n) is 5.52. The minimum absolute atomic E-state index is 0.187. The van der Waals surface area contributed by atoms with E-state index in [1.165, 1.54) is 50.8 Å². The molecule has 1 fully saturated rings. The maximum absolute atomic E-state index is 6.25. The highest BCUT2D eigenvalue weighted by Gasteiger charge is 2.23. The van der Waals surface area contributed by atoms with Crippen molar-refractivity contribution in [3.63, 3.8) is 0 Å². The lowest BCUT2D eigenvalue weighted by Gasteiger charge is -2.35. The molecule has 2 rings (SSSR count). The van der Waals surface area contributed by atoms with Crippen molar-refractivity contribution in [2.24, 2.45) is 5.73 Å². The quantitative estimate of drug-likeness (QED) is 0.886. The van der Waals surface area contributed by atoms with E-state index in [4.69, 9.17) is 5.73 Å². The Hall–Kier alpha value is -0.860. The van der Waals surface area contributed by atoms with Gasteiger partial charge in [0.2, 0.25) is 0 Å². The zero-order chi connectivity index (χ0) is 12.8. The van der Waals surface area contributed by atoms with Gasteiger partial charge in [-0.1, -0.05) is 49.6 Å². The van der Waals surface area contributed by atoms with Gasteiger partial charge >= 0.3 is 0 Å². The summed E-state index contributed by atoms with van der Waals surface area (Å²) in [7, 11) is 0. The number of nitrogens with zero attached hydrogens (tertiary/aromatic N) is 1. The Kier molecular flexibility index (Phi) is 5.21. The van der Waals surface area contributed by atoms with Gasteiger partial charge in [-0.3, -0.25) is 4.90 Å². The summed E-state index contributed by atoms with van der Waals surface area (Å²) in [6, 6.07) is 11.3. The lowest BCUT2D eigenvalue weighted by Crippen LogP contribution is -2.41. The molecule has 100 valence electrons. The molecule has 0 spiro atoms. The molecule has 2 nitrogen and oxygen atoms in total. The molecule has 1 aromatic carbocycles. The van der Waals surface area contributed by atoms with E-state index in [0.29, 0.717) is 6.04 Å². The van der Waals surface area contributed by atoms with Crippen molar-refractivity contribution in [3.05, 3.63) is 35.9 Å². The van der Waals surface area contributed by atoms with Gasteiger partial charge in [-0.2, -0.15) is 0 Å². The van der Waals surface area contributed by atoms with E-state index in [1.807, 2.05) is 0 Å². The van der Waals surface area contributed by atoms with Crippen LogP contribution in [0.5, 0.6) is 0 Å². The van der Waals surface area contributed by atoms with Crippen molar-refractivity contribution in [1.29, 1.82) is 0 Å². The summed E-state index contributed by atoms with van der Waals surface area (Å²) in [5.74, 6) is 0. The molecule has 0 aromatic heterocycles. The van der Waals surface area contributed by atoms with Crippen molar-refractivity contribution >= 4 is 0 Å². The van der Waals surface area contributed by atoms with E-state index in [0.717, 1.165) is 0 Å². The lowest BCUT2D eigenvalue weighted by atomic mass is 9.97. The molecule has 1 saturated heterocycles. The fraction of sp³-hybridized carbons (Fsp3) is 0.625. The summed E-state index contributed by atoms with van der Waals surface area (Å²) < 4.78 is 0. The van der Waals surface area contributed by atoms with E-state index >= 15 is 0 Å². The van der Waals surface area contributed by atoms with Crippen LogP contribution < -0.4 is 5.73 Å². The molecule has 0 saturated carbocycles. The monoisotopic (exact) mass is 246 g/mol. The van der Waals surface area contributed by atoms with Gasteiger partial charge < -0.3 is 5.73 Å². The zero-order valence-corrected chi connectivity index (χ0v) is 11.5. The molecule has 1 aliphatic heterocycles. The van der Waals surface area contributed by atoms with Gasteiger partial charge in [0.05, 0.1) is 0 Å². The number of benzene rings is 1. The SMILES string of the molecule is CC(N)C(c1ccccc1)N1CCCCCCC1. The first-order chi connectivity index (χ1) is 8.79. The smallest absolute Gasteiger partial charge is 0.0496 e. The topological polar surface area (TPSA) is 29.3 Å². The van der Waals surface area contributed by atoms with Crippen LogP contribution in [0.1, 0.15) is 50.6 Å². The van der Waals surface area contributed by atoms with Gasteiger partial charge in [0.25, 0.3) is 0 Å². The van der Waals surface area contributed by atoms with E-state index in [2.05, 4.69) is 42.2 Å². The molecule has 0 amide bonds. The van der Waals surface area contributed by atoms with Crippen LogP contribution in [-0.4, -0.2) is 24.0 Å². The number of rotatable bonds is 3. The van der Waals surface area contributed by atoms with Crippen molar-refractivity contribution in [2.45, 2.75) is 51.1 Å². The maximum Gasteiger partial charge on any atom is 0.0496 e. The largest absolute Gasteiger partial charge is 0.326 e. The van der Waals surface area contributed by atoms with E-state index in [-0.39, 0.29) is 6.04 Å². The minimum atomic E-state index is 0.187. The van der Waals surface area contributed by atoms with E-state index < -0.39 is 0 Å². The van der Waals surface area contributed by atoms with Gasteiger partial charge in [-0.15, -0.1) is 0 Å². The summed E-state index contributed by atoms with van der Waals surface area (Å²) in [6.45, 7) is 4.53. The number of hydrogen-bond acceptors (Lipinski definition) is 2. The molecule has 2 heteroatoms. The first-order valence-electron chi connectivity index (χ1n) is 7.33. The minimum Gasteiger partial charge on any atom is -0.326 e. The molecule has 1 heterocycles. The van der Waals surface area contributed by atoms with Gasteiger partial charge in [-0.25, -0.2) is 0 Å². The normalized spacial score (nSPS) is 21.9. The fourth-order valence-electron chi connectivity index (χ4n) is 3.05. The fourth-order valence-corrected chi connectivity index (χ4v) is 3.05. The predicted molar refractivity (Wildman–Crippen MR) is 77.5 cm³/mol. The van der Waals surface area contributed by atoms with Crippen LogP contribution in [0, 0.1) is 0 Å². The van der Waals surface area contributed by atoms with Gasteiger partial charge in [0.1, 0.15) is 0 Å². The van der Waals surface area contributed by atoms with Crippen molar-refractivity contribution < 1.29 is 0 Å². The second kappa shape index (κ2) is 6.91. The second-order valence-corrected chi connectivity index (χ2v) is 5.52. The molecule has 0 aliphatic carbocycles. The van der Waals surface area contributed by atoms with Crippen molar-refractivity contribution in [3.8, 4) is 0 Å². The third kappa shape index (κ3) is 3.56. The first kappa shape index (κ1) is 13.6. The summed E-state index contributed by atoms with van der Waals surface area (Å²) in [6.07, 6.45) is 6.78. The Balaban J connectivity index is 2.13. The molecule has 18 heavy (non-hydrogen) atoms. The molecule has 2 N–H and O–H groups in total. The van der Waals surface area contributed by atoms with Gasteiger partial charge in [0, 0.05) is 12.1 Å². The Labute approximate surface area is 111 Å². The molecule has 0 bridgehead atoms. The lowest BCUT2D eigenvalue weighted by molar-refractivity contribution is 0.161. The molecule has 2 atom stereocenters. The predicted octanol–water partition coefficient (Wildman–Crippen LogP) is 3.34. The van der Waals surface area contributed by atoms with E-state index in [1.54, 1.807) is 0 Å². The highest BCUT2D eigenvalue weighted by Crippen LogP contribution is 2.25. The maximum atomic E-state index is 6.25. The van der Waals surface area contributed by atoms with Crippen LogP contribution >= 0.6 is 0 Å². The Morgan fingerprint density at radius 2 is 1.50 bits per heavy atom. The average Bonchev–Trinajstić information content (AvgIpc) is 2.33. The number of likely N-dealkylation sites (tertiary alicyclic amines) is 1. The molecular formula is C16H26N2. The first-order valence-corrected chi connectivity index (χ1v) is 7.33. The van der Waals surface area contributed by atoms with Crippen molar-refractivity contribution in [1.82, 2.24) is 4.90 Å². The molecular weight excluding hydrogens is 220 g/mol. The summed E-state index contributed by atoms with van der Waals surface area (Å²) in [5, 5.41) is 0. The Morgan fingerprint density at radius 1 is 0.944 bits per heavy atom. The van der Waals surface area contributed by atoms with Crippen LogP contribution in [0.15, 0.2) is 30.3 Å². The molecule has 2 unspecified atom stereocenters. The van der Waals surface area contributed by atoms with Crippen LogP contribution in [-0.2, 0) is 0 Å². The van der Waals surface area contributed by atoms with Crippen LogP contribution in [0.4, 0.5) is 0 Å². The summed E-state index contributed by atoms with van der Waals surface area (Å²) in [5.41, 5.74) is 7.62. The third-order valence-corrected chi connectivity index (χ3v) is 3.92. The van der Waals surface area contributed by atoms with Gasteiger partial charge in [-0.05, 0) is 38.4 Å². The van der Waals surface area contributed by atoms with E-state index in [9.17, 15) is 0 Å². The number of nitrogens with two attached hydrogens (primary N) is 1. The highest BCUT2D eigenvalue weighted by atomic mass is 15.2. The van der Waals surface area contributed by atoms with Crippen LogP contribution in [0.25, 0.3) is 0 Å². The number of hydrogen-bond donors (Lipinski definition) is 1.